The van der Waals surface area contributed by atoms with Crippen molar-refractivity contribution in [1.82, 2.24) is 20.1 Å². The molecule has 112 valence electrons. The molecule has 2 aromatic heterocycles. The Morgan fingerprint density at radius 1 is 1.43 bits per heavy atom. The molecule has 1 amide bonds. The second-order valence-electron chi connectivity index (χ2n) is 5.50. The summed E-state index contributed by atoms with van der Waals surface area (Å²) in [6.45, 7) is 2.89. The Hall–Kier alpha value is -1.69. The van der Waals surface area contributed by atoms with Crippen molar-refractivity contribution in [3.8, 4) is 0 Å². The van der Waals surface area contributed by atoms with Gasteiger partial charge in [-0.25, -0.2) is 4.98 Å². The lowest BCUT2D eigenvalue weighted by molar-refractivity contribution is -0.121. The normalized spacial score (nSPS) is 14.0. The molecule has 6 heteroatoms. The van der Waals surface area contributed by atoms with Crippen LogP contribution in [0.3, 0.4) is 0 Å². The van der Waals surface area contributed by atoms with Gasteiger partial charge in [-0.15, -0.1) is 11.3 Å². The van der Waals surface area contributed by atoms with Crippen molar-refractivity contribution in [3.63, 3.8) is 0 Å². The van der Waals surface area contributed by atoms with Gasteiger partial charge in [0, 0.05) is 24.0 Å². The molecular formula is C15H20N4OS. The number of nitrogens with zero attached hydrogens (tertiary/aromatic N) is 3. The highest BCUT2D eigenvalue weighted by atomic mass is 32.1. The zero-order chi connectivity index (χ0) is 14.7. The number of aryl methyl sites for hydroxylation is 3. The molecule has 0 unspecified atom stereocenters. The molecule has 0 saturated heterocycles. The topological polar surface area (TPSA) is 59.8 Å². The van der Waals surface area contributed by atoms with Gasteiger partial charge >= 0.3 is 0 Å². The molecule has 0 spiro atoms. The van der Waals surface area contributed by atoms with E-state index < -0.39 is 0 Å². The van der Waals surface area contributed by atoms with E-state index in [0.29, 0.717) is 6.54 Å². The molecule has 0 saturated carbocycles. The highest BCUT2D eigenvalue weighted by molar-refractivity contribution is 7.11. The Kier molecular flexibility index (Phi) is 4.34. The molecule has 5 nitrogen and oxygen atoms in total. The van der Waals surface area contributed by atoms with Crippen molar-refractivity contribution in [2.24, 2.45) is 0 Å². The summed E-state index contributed by atoms with van der Waals surface area (Å²) in [5.74, 6) is -0.000538. The first-order valence-electron chi connectivity index (χ1n) is 7.44. The lowest BCUT2D eigenvalue weighted by Crippen LogP contribution is -2.29. The van der Waals surface area contributed by atoms with Gasteiger partial charge in [-0.05, 0) is 38.2 Å². The number of aromatic nitrogens is 3. The van der Waals surface area contributed by atoms with Crippen LogP contribution in [0.25, 0.3) is 0 Å². The zero-order valence-corrected chi connectivity index (χ0v) is 13.1. The summed E-state index contributed by atoms with van der Waals surface area (Å²) in [6, 6.07) is 0. The Morgan fingerprint density at radius 2 is 2.29 bits per heavy atom. The fraction of sp³-hybridized carbons (Fsp3) is 0.533. The van der Waals surface area contributed by atoms with Gasteiger partial charge in [-0.1, -0.05) is 0 Å². The minimum Gasteiger partial charge on any atom is -0.354 e. The first kappa shape index (κ1) is 14.3. The summed E-state index contributed by atoms with van der Waals surface area (Å²) in [6.07, 6.45) is 9.29. The number of carbonyl (C=O) groups excluding carboxylic acids is 1. The predicted octanol–water partition coefficient (Wildman–Crippen LogP) is 1.89. The quantitative estimate of drug-likeness (QED) is 0.917. The van der Waals surface area contributed by atoms with Crippen LogP contribution in [0.2, 0.25) is 0 Å². The highest BCUT2D eigenvalue weighted by Crippen LogP contribution is 2.26. The second kappa shape index (κ2) is 6.39. The fourth-order valence-electron chi connectivity index (χ4n) is 2.58. The van der Waals surface area contributed by atoms with Gasteiger partial charge in [0.2, 0.25) is 5.91 Å². The van der Waals surface area contributed by atoms with Crippen molar-refractivity contribution in [3.05, 3.63) is 33.5 Å². The molecule has 2 aromatic rings. The summed E-state index contributed by atoms with van der Waals surface area (Å²) in [5, 5.41) is 8.20. The van der Waals surface area contributed by atoms with Crippen LogP contribution in [-0.2, 0) is 30.6 Å². The Balaban J connectivity index is 1.45. The molecule has 1 aliphatic rings. The molecule has 0 aromatic carbocycles. The van der Waals surface area contributed by atoms with Crippen LogP contribution in [-0.4, -0.2) is 27.2 Å². The summed E-state index contributed by atoms with van der Waals surface area (Å²) >= 11 is 1.81. The van der Waals surface area contributed by atoms with Crippen LogP contribution < -0.4 is 5.32 Å². The third-order valence-electron chi connectivity index (χ3n) is 3.62. The first-order chi connectivity index (χ1) is 10.2. The van der Waals surface area contributed by atoms with Crippen molar-refractivity contribution in [2.75, 3.05) is 6.54 Å². The standard InChI is InChI=1S/C15H20N4OS/c1-11-8-17-19(9-11)10-14(20)16-7-6-15-18-12-4-2-3-5-13(12)21-15/h8-9H,2-7,10H2,1H3,(H,16,20). The van der Waals surface area contributed by atoms with Gasteiger partial charge in [0.1, 0.15) is 6.54 Å². The molecule has 0 atom stereocenters. The number of hydrogen-bond acceptors (Lipinski definition) is 4. The van der Waals surface area contributed by atoms with Gasteiger partial charge < -0.3 is 5.32 Å². The van der Waals surface area contributed by atoms with Crippen LogP contribution in [0.4, 0.5) is 0 Å². The van der Waals surface area contributed by atoms with E-state index >= 15 is 0 Å². The van der Waals surface area contributed by atoms with E-state index in [9.17, 15) is 4.79 Å². The number of thiazole rings is 1. The molecule has 2 heterocycles. The number of nitrogens with one attached hydrogen (secondary N) is 1. The minimum atomic E-state index is -0.000538. The molecule has 1 N–H and O–H groups in total. The zero-order valence-electron chi connectivity index (χ0n) is 12.3. The Bertz CT molecular complexity index is 608. The van der Waals surface area contributed by atoms with Crippen LogP contribution in [0.15, 0.2) is 12.4 Å². The minimum absolute atomic E-state index is 0.000538. The van der Waals surface area contributed by atoms with Crippen LogP contribution in [0.5, 0.6) is 0 Å². The van der Waals surface area contributed by atoms with Crippen molar-refractivity contribution in [2.45, 2.75) is 45.6 Å². The van der Waals surface area contributed by atoms with Gasteiger partial charge in [0.25, 0.3) is 0 Å². The molecule has 1 aliphatic carbocycles. The largest absolute Gasteiger partial charge is 0.354 e. The van der Waals surface area contributed by atoms with Crippen molar-refractivity contribution >= 4 is 17.2 Å². The molecule has 0 fully saturated rings. The maximum atomic E-state index is 11.8. The van der Waals surface area contributed by atoms with Gasteiger partial charge in [-0.2, -0.15) is 5.10 Å². The number of rotatable bonds is 5. The second-order valence-corrected chi connectivity index (χ2v) is 6.67. The van der Waals surface area contributed by atoms with Gasteiger partial charge in [-0.3, -0.25) is 9.48 Å². The monoisotopic (exact) mass is 304 g/mol. The van der Waals surface area contributed by atoms with Crippen molar-refractivity contribution in [1.29, 1.82) is 0 Å². The van der Waals surface area contributed by atoms with Gasteiger partial charge in [0.05, 0.1) is 16.9 Å². The maximum absolute atomic E-state index is 11.8. The third-order valence-corrected chi connectivity index (χ3v) is 4.84. The number of fused-ring (bicyclic) bond motifs is 1. The number of amides is 1. The van der Waals surface area contributed by atoms with E-state index in [4.69, 9.17) is 0 Å². The third kappa shape index (κ3) is 3.69. The molecule has 3 rings (SSSR count). The molecular weight excluding hydrogens is 284 g/mol. The highest BCUT2D eigenvalue weighted by Gasteiger charge is 2.14. The number of carbonyl (C=O) groups is 1. The van der Waals surface area contributed by atoms with Crippen molar-refractivity contribution < 1.29 is 4.79 Å². The molecule has 0 aliphatic heterocycles. The first-order valence-corrected chi connectivity index (χ1v) is 8.25. The molecule has 21 heavy (non-hydrogen) atoms. The van der Waals surface area contributed by atoms with Crippen LogP contribution >= 0.6 is 11.3 Å². The summed E-state index contributed by atoms with van der Waals surface area (Å²) in [5.41, 5.74) is 2.36. The number of hydrogen-bond donors (Lipinski definition) is 1. The molecule has 0 radical (unpaired) electrons. The van der Waals surface area contributed by atoms with E-state index in [1.165, 1.54) is 29.8 Å². The van der Waals surface area contributed by atoms with Gasteiger partial charge in [0.15, 0.2) is 0 Å². The Morgan fingerprint density at radius 3 is 3.05 bits per heavy atom. The average molecular weight is 304 g/mol. The molecule has 0 bridgehead atoms. The lowest BCUT2D eigenvalue weighted by Gasteiger charge is -2.06. The fourth-order valence-corrected chi connectivity index (χ4v) is 3.73. The van der Waals surface area contributed by atoms with Crippen LogP contribution in [0.1, 0.15) is 34.0 Å². The summed E-state index contributed by atoms with van der Waals surface area (Å²) in [4.78, 5) is 18.0. The average Bonchev–Trinajstić information content (AvgIpc) is 3.04. The SMILES string of the molecule is Cc1cnn(CC(=O)NCCc2nc3c(s2)CCCC3)c1. The summed E-state index contributed by atoms with van der Waals surface area (Å²) in [7, 11) is 0. The lowest BCUT2D eigenvalue weighted by atomic mass is 10.0. The van der Waals surface area contributed by atoms with E-state index in [1.807, 2.05) is 24.5 Å². The Labute approximate surface area is 128 Å². The van der Waals surface area contributed by atoms with E-state index in [-0.39, 0.29) is 12.5 Å². The summed E-state index contributed by atoms with van der Waals surface area (Å²) < 4.78 is 1.66. The maximum Gasteiger partial charge on any atom is 0.241 e. The van der Waals surface area contributed by atoms with E-state index in [0.717, 1.165) is 23.4 Å². The van der Waals surface area contributed by atoms with E-state index in [1.54, 1.807) is 10.9 Å². The smallest absolute Gasteiger partial charge is 0.241 e. The van der Waals surface area contributed by atoms with Crippen LogP contribution in [0, 0.1) is 6.92 Å². The van der Waals surface area contributed by atoms with E-state index in [2.05, 4.69) is 15.4 Å². The predicted molar refractivity (Wildman–Crippen MR) is 82.4 cm³/mol.